The number of alkyl carbamates (subject to hydrolysis) is 1. The number of carbonyl (C=O) groups is 1. The topological polar surface area (TPSA) is 55.6 Å². The maximum Gasteiger partial charge on any atom is 0.406 e. The van der Waals surface area contributed by atoms with Crippen molar-refractivity contribution in [2.45, 2.75) is 11.4 Å². The molecule has 0 aromatic carbocycles. The lowest BCUT2D eigenvalue weighted by Crippen LogP contribution is -2.24. The van der Waals surface area contributed by atoms with Crippen LogP contribution in [-0.2, 0) is 4.74 Å². The van der Waals surface area contributed by atoms with E-state index in [1.165, 1.54) is 7.11 Å². The Morgan fingerprint density at radius 1 is 1.56 bits per heavy atom. The van der Waals surface area contributed by atoms with Crippen LogP contribution in [-0.4, -0.2) is 34.9 Å². The molecule has 0 saturated carbocycles. The summed E-state index contributed by atoms with van der Waals surface area (Å²) in [5.41, 5.74) is 0.952. The fraction of sp³-hybridized carbons (Fsp3) is 0.333. The zero-order chi connectivity index (χ0) is 12.8. The van der Waals surface area contributed by atoms with Crippen molar-refractivity contribution < 1.29 is 9.53 Å². The first-order chi connectivity index (χ1) is 8.81. The number of ether oxygens (including phenoxy) is 1. The van der Waals surface area contributed by atoms with Crippen molar-refractivity contribution in [3.05, 3.63) is 30.6 Å². The van der Waals surface area contributed by atoms with Crippen molar-refractivity contribution in [3.8, 4) is 0 Å². The van der Waals surface area contributed by atoms with Gasteiger partial charge in [0.1, 0.15) is 5.65 Å². The number of rotatable bonds is 5. The molecule has 0 aliphatic rings. The summed E-state index contributed by atoms with van der Waals surface area (Å²) >= 11 is 1.74. The van der Waals surface area contributed by atoms with Gasteiger partial charge in [0.05, 0.1) is 12.1 Å². The van der Waals surface area contributed by atoms with Gasteiger partial charge >= 0.3 is 6.09 Å². The predicted molar refractivity (Wildman–Crippen MR) is 70.9 cm³/mol. The third kappa shape index (κ3) is 3.16. The van der Waals surface area contributed by atoms with Crippen LogP contribution in [0, 0.1) is 0 Å². The van der Waals surface area contributed by atoms with Gasteiger partial charge in [0, 0.05) is 24.7 Å². The number of thioether (sulfide) groups is 1. The molecule has 0 aliphatic heterocycles. The number of carbonyl (C=O) groups excluding carboxylic acids is 1. The molecular weight excluding hydrogens is 250 g/mol. The van der Waals surface area contributed by atoms with Crippen molar-refractivity contribution in [3.63, 3.8) is 0 Å². The summed E-state index contributed by atoms with van der Waals surface area (Å²) in [5.74, 6) is 0.932. The van der Waals surface area contributed by atoms with E-state index in [1.54, 1.807) is 18.0 Å². The van der Waals surface area contributed by atoms with Crippen molar-refractivity contribution in [2.75, 3.05) is 19.4 Å². The van der Waals surface area contributed by atoms with Gasteiger partial charge in [-0.05, 0) is 18.6 Å². The number of hydrogen-bond donors (Lipinski definition) is 1. The second-order valence-corrected chi connectivity index (χ2v) is 4.76. The molecule has 0 fully saturated rings. The number of nitrogens with zero attached hydrogens (tertiary/aromatic N) is 2. The highest BCUT2D eigenvalue weighted by molar-refractivity contribution is 7.99. The smallest absolute Gasteiger partial charge is 0.406 e. The molecule has 0 radical (unpaired) electrons. The van der Waals surface area contributed by atoms with Gasteiger partial charge in [0.2, 0.25) is 0 Å². The molecule has 0 saturated heterocycles. The molecule has 2 heterocycles. The third-order valence-corrected chi connectivity index (χ3v) is 3.54. The molecule has 0 unspecified atom stereocenters. The Labute approximate surface area is 110 Å². The molecule has 6 heteroatoms. The number of fused-ring (bicyclic) bond motifs is 1. The molecule has 1 amide bonds. The van der Waals surface area contributed by atoms with Crippen molar-refractivity contribution in [2.24, 2.45) is 0 Å². The number of nitrogens with one attached hydrogen (secondary N) is 1. The van der Waals surface area contributed by atoms with E-state index in [1.807, 2.05) is 18.3 Å². The van der Waals surface area contributed by atoms with Gasteiger partial charge < -0.3 is 10.1 Å². The van der Waals surface area contributed by atoms with E-state index < -0.39 is 0 Å². The fourth-order valence-corrected chi connectivity index (χ4v) is 2.52. The van der Waals surface area contributed by atoms with Gasteiger partial charge in [-0.2, -0.15) is 0 Å². The number of amides is 1. The molecule has 2 aromatic heterocycles. The maximum absolute atomic E-state index is 10.8. The zero-order valence-corrected chi connectivity index (χ0v) is 10.9. The molecule has 96 valence electrons. The van der Waals surface area contributed by atoms with Crippen LogP contribution in [0.1, 0.15) is 6.42 Å². The quantitative estimate of drug-likeness (QED) is 0.665. The Hall–Kier alpha value is -1.69. The number of methoxy groups -OCH3 is 1. The zero-order valence-electron chi connectivity index (χ0n) is 10.1. The standard InChI is InChI=1S/C12H15N3O2S/c1-17-12(16)14-6-3-9-18-11-5-2-4-10-13-7-8-15(10)11/h2,4-5,7-8H,3,6,9H2,1H3,(H,14,16). The molecular formula is C12H15N3O2S. The fourth-order valence-electron chi connectivity index (χ4n) is 1.55. The minimum atomic E-state index is -0.378. The number of aromatic nitrogens is 2. The summed E-state index contributed by atoms with van der Waals surface area (Å²) in [6.45, 7) is 0.625. The summed E-state index contributed by atoms with van der Waals surface area (Å²) in [4.78, 5) is 15.1. The van der Waals surface area contributed by atoms with Crippen LogP contribution in [0.25, 0.3) is 5.65 Å². The summed E-state index contributed by atoms with van der Waals surface area (Å²) in [6.07, 6.45) is 4.25. The first-order valence-corrected chi connectivity index (χ1v) is 6.66. The molecule has 5 nitrogen and oxygen atoms in total. The Balaban J connectivity index is 1.80. The predicted octanol–water partition coefficient (Wildman–Crippen LogP) is 2.17. The Kier molecular flexibility index (Phi) is 4.46. The monoisotopic (exact) mass is 265 g/mol. The van der Waals surface area contributed by atoms with Crippen LogP contribution in [0.3, 0.4) is 0 Å². The Bertz CT molecular complexity index is 527. The maximum atomic E-state index is 10.8. The van der Waals surface area contributed by atoms with Crippen LogP contribution in [0.2, 0.25) is 0 Å². The average molecular weight is 265 g/mol. The number of pyridine rings is 1. The lowest BCUT2D eigenvalue weighted by Gasteiger charge is -2.05. The number of imidazole rings is 1. The van der Waals surface area contributed by atoms with Crippen molar-refractivity contribution >= 4 is 23.5 Å². The Morgan fingerprint density at radius 3 is 3.28 bits per heavy atom. The molecule has 18 heavy (non-hydrogen) atoms. The molecule has 2 aromatic rings. The average Bonchev–Trinajstić information content (AvgIpc) is 2.87. The SMILES string of the molecule is COC(=O)NCCCSc1cccc2nccn12. The minimum Gasteiger partial charge on any atom is -0.453 e. The van der Waals surface area contributed by atoms with Crippen molar-refractivity contribution in [1.29, 1.82) is 0 Å². The molecule has 0 bridgehead atoms. The molecule has 0 atom stereocenters. The highest BCUT2D eigenvalue weighted by Crippen LogP contribution is 2.19. The van der Waals surface area contributed by atoms with E-state index in [-0.39, 0.29) is 6.09 Å². The van der Waals surface area contributed by atoms with E-state index in [9.17, 15) is 4.79 Å². The number of hydrogen-bond acceptors (Lipinski definition) is 4. The molecule has 1 N–H and O–H groups in total. The van der Waals surface area contributed by atoms with Gasteiger partial charge in [-0.1, -0.05) is 6.07 Å². The van der Waals surface area contributed by atoms with Gasteiger partial charge in [-0.25, -0.2) is 9.78 Å². The summed E-state index contributed by atoms with van der Waals surface area (Å²) in [6, 6.07) is 6.04. The van der Waals surface area contributed by atoms with Crippen LogP contribution < -0.4 is 5.32 Å². The van der Waals surface area contributed by atoms with Gasteiger partial charge in [0.15, 0.2) is 0 Å². The van der Waals surface area contributed by atoms with E-state index >= 15 is 0 Å². The largest absolute Gasteiger partial charge is 0.453 e. The normalized spacial score (nSPS) is 10.5. The van der Waals surface area contributed by atoms with Gasteiger partial charge in [-0.3, -0.25) is 4.40 Å². The highest BCUT2D eigenvalue weighted by Gasteiger charge is 2.01. The Morgan fingerprint density at radius 2 is 2.44 bits per heavy atom. The summed E-state index contributed by atoms with van der Waals surface area (Å²) < 4.78 is 6.55. The summed E-state index contributed by atoms with van der Waals surface area (Å²) in [7, 11) is 1.36. The van der Waals surface area contributed by atoms with E-state index in [4.69, 9.17) is 0 Å². The first kappa shape index (κ1) is 12.8. The van der Waals surface area contributed by atoms with Crippen molar-refractivity contribution in [1.82, 2.24) is 14.7 Å². The van der Waals surface area contributed by atoms with Crippen LogP contribution in [0.4, 0.5) is 4.79 Å². The molecule has 2 rings (SSSR count). The van der Waals surface area contributed by atoms with Gasteiger partial charge in [-0.15, -0.1) is 11.8 Å². The van der Waals surface area contributed by atoms with Crippen LogP contribution >= 0.6 is 11.8 Å². The third-order valence-electron chi connectivity index (χ3n) is 2.42. The highest BCUT2D eigenvalue weighted by atomic mass is 32.2. The molecule has 0 aliphatic carbocycles. The van der Waals surface area contributed by atoms with E-state index in [2.05, 4.69) is 25.5 Å². The van der Waals surface area contributed by atoms with E-state index in [0.717, 1.165) is 22.8 Å². The first-order valence-electron chi connectivity index (χ1n) is 5.68. The van der Waals surface area contributed by atoms with Gasteiger partial charge in [0.25, 0.3) is 0 Å². The minimum absolute atomic E-state index is 0.378. The second kappa shape index (κ2) is 6.30. The van der Waals surface area contributed by atoms with Crippen LogP contribution in [0.15, 0.2) is 35.6 Å². The summed E-state index contributed by atoms with van der Waals surface area (Å²) in [5, 5.41) is 3.81. The lowest BCUT2D eigenvalue weighted by atomic mass is 10.5. The molecule has 0 spiro atoms. The van der Waals surface area contributed by atoms with E-state index in [0.29, 0.717) is 6.54 Å². The van der Waals surface area contributed by atoms with Crippen LogP contribution in [0.5, 0.6) is 0 Å². The lowest BCUT2D eigenvalue weighted by molar-refractivity contribution is 0.171. The second-order valence-electron chi connectivity index (χ2n) is 3.64.